The minimum atomic E-state index is -0.338. The first kappa shape index (κ1) is 12.2. The number of rotatable bonds is 4. The van der Waals surface area contributed by atoms with Gasteiger partial charge < -0.3 is 10.6 Å². The largest absolute Gasteiger partial charge is 0.355 e. The Hall–Kier alpha value is -1.91. The maximum atomic E-state index is 11.6. The minimum Gasteiger partial charge on any atom is -0.355 e. The molecule has 1 aromatic rings. The van der Waals surface area contributed by atoms with Crippen LogP contribution in [-0.4, -0.2) is 29.9 Å². The third-order valence-corrected chi connectivity index (χ3v) is 1.90. The van der Waals surface area contributed by atoms with E-state index in [9.17, 15) is 9.59 Å². The van der Waals surface area contributed by atoms with E-state index in [0.717, 1.165) is 5.69 Å². The number of nitrogens with zero attached hydrogens (tertiary/aromatic N) is 1. The van der Waals surface area contributed by atoms with Crippen LogP contribution in [0.5, 0.6) is 0 Å². The predicted molar refractivity (Wildman–Crippen MR) is 60.0 cm³/mol. The second kappa shape index (κ2) is 5.85. The van der Waals surface area contributed by atoms with Gasteiger partial charge in [-0.15, -0.1) is 0 Å². The SMILES string of the molecule is CCNC(=O)CNC(=O)c1cccc(C)n1. The molecule has 16 heavy (non-hydrogen) atoms. The molecule has 2 N–H and O–H groups in total. The molecule has 2 amide bonds. The molecule has 0 aliphatic carbocycles. The normalized spacial score (nSPS) is 9.62. The second-order valence-electron chi connectivity index (χ2n) is 3.30. The molecule has 0 aromatic carbocycles. The highest BCUT2D eigenvalue weighted by molar-refractivity contribution is 5.94. The van der Waals surface area contributed by atoms with Crippen molar-refractivity contribution in [2.24, 2.45) is 0 Å². The van der Waals surface area contributed by atoms with Crippen LogP contribution in [0, 0.1) is 6.92 Å². The summed E-state index contributed by atoms with van der Waals surface area (Å²) < 4.78 is 0. The molecule has 1 rings (SSSR count). The number of aryl methyl sites for hydroxylation is 1. The number of amides is 2. The zero-order chi connectivity index (χ0) is 12.0. The van der Waals surface area contributed by atoms with E-state index < -0.39 is 0 Å². The summed E-state index contributed by atoms with van der Waals surface area (Å²) in [5.74, 6) is -0.543. The number of hydrogen-bond donors (Lipinski definition) is 2. The van der Waals surface area contributed by atoms with Crippen LogP contribution in [0.3, 0.4) is 0 Å². The van der Waals surface area contributed by atoms with Crippen LogP contribution >= 0.6 is 0 Å². The Labute approximate surface area is 94.3 Å². The average Bonchev–Trinajstić information content (AvgIpc) is 2.26. The molecule has 0 atom stereocenters. The zero-order valence-electron chi connectivity index (χ0n) is 9.41. The topological polar surface area (TPSA) is 71.1 Å². The number of likely N-dealkylation sites (N-methyl/N-ethyl adjacent to an activating group) is 1. The Kier molecular flexibility index (Phi) is 4.44. The fourth-order valence-corrected chi connectivity index (χ4v) is 1.18. The Morgan fingerprint density at radius 2 is 2.06 bits per heavy atom. The van der Waals surface area contributed by atoms with Gasteiger partial charge in [0.15, 0.2) is 0 Å². The maximum Gasteiger partial charge on any atom is 0.270 e. The van der Waals surface area contributed by atoms with Crippen molar-refractivity contribution in [1.82, 2.24) is 15.6 Å². The van der Waals surface area contributed by atoms with E-state index in [4.69, 9.17) is 0 Å². The van der Waals surface area contributed by atoms with Crippen molar-refractivity contribution in [3.05, 3.63) is 29.6 Å². The van der Waals surface area contributed by atoms with Crippen molar-refractivity contribution >= 4 is 11.8 Å². The zero-order valence-corrected chi connectivity index (χ0v) is 9.41. The Bertz CT molecular complexity index is 391. The average molecular weight is 221 g/mol. The monoisotopic (exact) mass is 221 g/mol. The molecule has 0 spiro atoms. The van der Waals surface area contributed by atoms with Crippen LogP contribution in [0.1, 0.15) is 23.1 Å². The second-order valence-corrected chi connectivity index (χ2v) is 3.30. The van der Waals surface area contributed by atoms with E-state index in [1.165, 1.54) is 0 Å². The van der Waals surface area contributed by atoms with Gasteiger partial charge in [0.25, 0.3) is 5.91 Å². The van der Waals surface area contributed by atoms with E-state index in [-0.39, 0.29) is 18.4 Å². The van der Waals surface area contributed by atoms with Crippen molar-refractivity contribution < 1.29 is 9.59 Å². The van der Waals surface area contributed by atoms with Gasteiger partial charge in [-0.2, -0.15) is 0 Å². The molecule has 1 heterocycles. The maximum absolute atomic E-state index is 11.6. The van der Waals surface area contributed by atoms with Gasteiger partial charge in [-0.05, 0) is 26.0 Å². The van der Waals surface area contributed by atoms with E-state index in [2.05, 4.69) is 15.6 Å². The van der Waals surface area contributed by atoms with Crippen LogP contribution in [0.2, 0.25) is 0 Å². The summed E-state index contributed by atoms with van der Waals surface area (Å²) in [7, 11) is 0. The van der Waals surface area contributed by atoms with Crippen molar-refractivity contribution in [2.45, 2.75) is 13.8 Å². The lowest BCUT2D eigenvalue weighted by Crippen LogP contribution is -2.37. The molecule has 0 aliphatic rings. The lowest BCUT2D eigenvalue weighted by molar-refractivity contribution is -0.120. The lowest BCUT2D eigenvalue weighted by Gasteiger charge is -2.05. The van der Waals surface area contributed by atoms with E-state index in [0.29, 0.717) is 12.2 Å². The van der Waals surface area contributed by atoms with Crippen molar-refractivity contribution in [1.29, 1.82) is 0 Å². The lowest BCUT2D eigenvalue weighted by atomic mass is 10.3. The molecule has 0 unspecified atom stereocenters. The molecule has 0 bridgehead atoms. The molecule has 0 fully saturated rings. The Balaban J connectivity index is 2.50. The summed E-state index contributed by atoms with van der Waals surface area (Å²) in [6, 6.07) is 5.17. The molecule has 0 saturated heterocycles. The van der Waals surface area contributed by atoms with Crippen molar-refractivity contribution in [3.63, 3.8) is 0 Å². The smallest absolute Gasteiger partial charge is 0.270 e. The van der Waals surface area contributed by atoms with Crippen molar-refractivity contribution in [2.75, 3.05) is 13.1 Å². The highest BCUT2D eigenvalue weighted by Crippen LogP contribution is 1.97. The minimum absolute atomic E-state index is 0.0255. The van der Waals surface area contributed by atoms with E-state index in [1.54, 1.807) is 25.1 Å². The standard InChI is InChI=1S/C11H15N3O2/c1-3-12-10(15)7-13-11(16)9-6-4-5-8(2)14-9/h4-6H,3,7H2,1-2H3,(H,12,15)(H,13,16). The predicted octanol–water partition coefficient (Wildman–Crippen LogP) is 0.256. The summed E-state index contributed by atoms with van der Waals surface area (Å²) >= 11 is 0. The fourth-order valence-electron chi connectivity index (χ4n) is 1.18. The summed E-state index contributed by atoms with van der Waals surface area (Å²) in [5, 5.41) is 5.09. The van der Waals surface area contributed by atoms with Crippen LogP contribution < -0.4 is 10.6 Å². The Morgan fingerprint density at radius 1 is 1.31 bits per heavy atom. The third-order valence-electron chi connectivity index (χ3n) is 1.90. The van der Waals surface area contributed by atoms with Crippen LogP contribution in [0.15, 0.2) is 18.2 Å². The van der Waals surface area contributed by atoms with Gasteiger partial charge in [0.1, 0.15) is 5.69 Å². The first-order valence-corrected chi connectivity index (χ1v) is 5.12. The fraction of sp³-hybridized carbons (Fsp3) is 0.364. The number of carbonyl (C=O) groups is 2. The molecule has 5 nitrogen and oxygen atoms in total. The summed E-state index contributed by atoms with van der Waals surface area (Å²) in [6.07, 6.45) is 0. The summed E-state index contributed by atoms with van der Waals surface area (Å²) in [6.45, 7) is 4.15. The van der Waals surface area contributed by atoms with Gasteiger partial charge in [0, 0.05) is 12.2 Å². The van der Waals surface area contributed by atoms with Gasteiger partial charge in [-0.3, -0.25) is 9.59 Å². The molecule has 0 aliphatic heterocycles. The first-order valence-electron chi connectivity index (χ1n) is 5.12. The third kappa shape index (κ3) is 3.68. The van der Waals surface area contributed by atoms with Gasteiger partial charge in [-0.1, -0.05) is 6.07 Å². The molecule has 0 saturated carbocycles. The molecule has 5 heteroatoms. The number of nitrogens with one attached hydrogen (secondary N) is 2. The van der Waals surface area contributed by atoms with Gasteiger partial charge >= 0.3 is 0 Å². The van der Waals surface area contributed by atoms with Crippen LogP contribution in [0.4, 0.5) is 0 Å². The molecular weight excluding hydrogens is 206 g/mol. The summed E-state index contributed by atoms with van der Waals surface area (Å²) in [4.78, 5) is 26.7. The van der Waals surface area contributed by atoms with Crippen LogP contribution in [-0.2, 0) is 4.79 Å². The van der Waals surface area contributed by atoms with Crippen LogP contribution in [0.25, 0.3) is 0 Å². The molecule has 86 valence electrons. The van der Waals surface area contributed by atoms with Crippen molar-refractivity contribution in [3.8, 4) is 0 Å². The van der Waals surface area contributed by atoms with E-state index >= 15 is 0 Å². The quantitative estimate of drug-likeness (QED) is 0.766. The number of aromatic nitrogens is 1. The number of hydrogen-bond acceptors (Lipinski definition) is 3. The van der Waals surface area contributed by atoms with Gasteiger partial charge in [-0.25, -0.2) is 4.98 Å². The Morgan fingerprint density at radius 3 is 2.69 bits per heavy atom. The number of pyridine rings is 1. The van der Waals surface area contributed by atoms with Gasteiger partial charge in [0.05, 0.1) is 6.54 Å². The highest BCUT2D eigenvalue weighted by Gasteiger charge is 2.08. The summed E-state index contributed by atoms with van der Waals surface area (Å²) in [5.41, 5.74) is 1.09. The first-order chi connectivity index (χ1) is 7.63. The van der Waals surface area contributed by atoms with Gasteiger partial charge in [0.2, 0.25) is 5.91 Å². The number of carbonyl (C=O) groups excluding carboxylic acids is 2. The molecular formula is C11H15N3O2. The molecule has 1 aromatic heterocycles. The highest BCUT2D eigenvalue weighted by atomic mass is 16.2. The molecule has 0 radical (unpaired) electrons. The van der Waals surface area contributed by atoms with E-state index in [1.807, 2.05) is 6.92 Å².